The number of hydrogen-bond donors (Lipinski definition) is 2. The van der Waals surface area contributed by atoms with Crippen LogP contribution in [0.1, 0.15) is 35.1 Å². The van der Waals surface area contributed by atoms with Crippen LogP contribution in [0.4, 0.5) is 11.4 Å². The lowest BCUT2D eigenvalue weighted by atomic mass is 10.1. The molecule has 2 heterocycles. The van der Waals surface area contributed by atoms with Crippen molar-refractivity contribution in [2.75, 3.05) is 25.3 Å². The lowest BCUT2D eigenvalue weighted by Crippen LogP contribution is -2.13. The van der Waals surface area contributed by atoms with E-state index in [-0.39, 0.29) is 5.91 Å². The van der Waals surface area contributed by atoms with E-state index in [1.54, 1.807) is 12.1 Å². The van der Waals surface area contributed by atoms with Crippen LogP contribution in [-0.4, -0.2) is 25.1 Å². The average Bonchev–Trinajstić information content (AvgIpc) is 2.98. The van der Waals surface area contributed by atoms with Crippen LogP contribution in [0.2, 0.25) is 5.02 Å². The number of aromatic nitrogens is 1. The molecule has 0 saturated heterocycles. The molecule has 0 bridgehead atoms. The van der Waals surface area contributed by atoms with Crippen LogP contribution in [0.3, 0.4) is 0 Å². The number of anilines is 2. The number of nitrogens with one attached hydrogen (secondary N) is 1. The molecule has 3 rings (SSSR count). The lowest BCUT2D eigenvalue weighted by Gasteiger charge is -2.12. The number of fused-ring (bicyclic) bond motifs is 1. The quantitative estimate of drug-likeness (QED) is 0.628. The number of ether oxygens (including phenoxy) is 2. The number of amides is 1. The highest BCUT2D eigenvalue weighted by Crippen LogP contribution is 2.38. The molecule has 0 saturated carbocycles. The Morgan fingerprint density at radius 2 is 1.93 bits per heavy atom. The van der Waals surface area contributed by atoms with Crippen LogP contribution in [0.5, 0.6) is 11.5 Å². The van der Waals surface area contributed by atoms with E-state index in [4.69, 9.17) is 26.8 Å². The predicted octanol–water partition coefficient (Wildman–Crippen LogP) is 4.92. The molecular weight excluding hydrogens is 386 g/mol. The van der Waals surface area contributed by atoms with Crippen molar-refractivity contribution in [3.05, 3.63) is 39.9 Å². The maximum absolute atomic E-state index is 12.8. The fourth-order valence-electron chi connectivity index (χ4n) is 2.64. The van der Waals surface area contributed by atoms with Gasteiger partial charge in [-0.05, 0) is 24.1 Å². The van der Waals surface area contributed by atoms with E-state index >= 15 is 0 Å². The highest BCUT2D eigenvalue weighted by atomic mass is 35.5. The smallest absolute Gasteiger partial charge is 0.268 e. The fraction of sp³-hybridized carbons (Fsp3) is 0.263. The Kier molecular flexibility index (Phi) is 5.43. The van der Waals surface area contributed by atoms with Gasteiger partial charge in [-0.3, -0.25) is 4.79 Å². The van der Waals surface area contributed by atoms with Gasteiger partial charge in [0.1, 0.15) is 21.2 Å². The minimum absolute atomic E-state index is 0.292. The Bertz CT molecular complexity index is 1020. The van der Waals surface area contributed by atoms with E-state index in [9.17, 15) is 4.79 Å². The molecule has 27 heavy (non-hydrogen) atoms. The number of pyridine rings is 1. The Balaban J connectivity index is 1.97. The molecule has 3 aromatic rings. The van der Waals surface area contributed by atoms with Crippen molar-refractivity contribution < 1.29 is 14.3 Å². The first kappa shape index (κ1) is 19.3. The topological polar surface area (TPSA) is 86.5 Å². The van der Waals surface area contributed by atoms with E-state index < -0.39 is 0 Å². The molecule has 0 aliphatic carbocycles. The number of rotatable bonds is 5. The zero-order valence-corrected chi connectivity index (χ0v) is 17.0. The second kappa shape index (κ2) is 7.62. The van der Waals surface area contributed by atoms with Crippen LogP contribution >= 0.6 is 22.9 Å². The third-order valence-corrected chi connectivity index (χ3v) is 5.54. The van der Waals surface area contributed by atoms with Gasteiger partial charge in [0, 0.05) is 17.1 Å². The highest BCUT2D eigenvalue weighted by Gasteiger charge is 2.20. The van der Waals surface area contributed by atoms with E-state index in [0.717, 1.165) is 15.9 Å². The monoisotopic (exact) mass is 405 g/mol. The Morgan fingerprint density at radius 3 is 2.56 bits per heavy atom. The Labute approximate surface area is 166 Å². The number of carbonyl (C=O) groups excluding carboxylic acids is 1. The molecule has 1 amide bonds. The van der Waals surface area contributed by atoms with E-state index in [0.29, 0.717) is 38.7 Å². The van der Waals surface area contributed by atoms with Crippen molar-refractivity contribution in [2.45, 2.75) is 19.8 Å². The normalized spacial score (nSPS) is 11.0. The van der Waals surface area contributed by atoms with Crippen LogP contribution < -0.4 is 20.5 Å². The summed E-state index contributed by atoms with van der Waals surface area (Å²) < 4.78 is 10.5. The average molecular weight is 406 g/mol. The molecule has 2 aromatic heterocycles. The Hall–Kier alpha value is -2.51. The van der Waals surface area contributed by atoms with Gasteiger partial charge >= 0.3 is 0 Å². The van der Waals surface area contributed by atoms with Gasteiger partial charge in [0.25, 0.3) is 5.91 Å². The first-order valence-corrected chi connectivity index (χ1v) is 9.47. The molecule has 6 nitrogen and oxygen atoms in total. The fourth-order valence-corrected chi connectivity index (χ4v) is 3.88. The van der Waals surface area contributed by atoms with Crippen molar-refractivity contribution in [2.24, 2.45) is 0 Å². The van der Waals surface area contributed by atoms with Crippen LogP contribution in [0.25, 0.3) is 10.2 Å². The number of nitrogens with zero attached hydrogens (tertiary/aromatic N) is 1. The standard InChI is InChI=1S/C19H20ClN3O3S/c1-9(2)12-6-5-10-16(21)17(27-19(10)23-12)18(24)22-13-7-11(20)14(25-3)8-15(13)26-4/h5-9H,21H2,1-4H3,(H,22,24). The second-order valence-corrected chi connectivity index (χ2v) is 7.64. The molecule has 0 unspecified atom stereocenters. The van der Waals surface area contributed by atoms with Gasteiger partial charge in [0.2, 0.25) is 0 Å². The number of benzene rings is 1. The molecule has 0 fully saturated rings. The van der Waals surface area contributed by atoms with E-state index in [2.05, 4.69) is 24.1 Å². The summed E-state index contributed by atoms with van der Waals surface area (Å²) in [5.74, 6) is 0.838. The number of methoxy groups -OCH3 is 2. The molecule has 1 aromatic carbocycles. The van der Waals surface area contributed by atoms with Crippen molar-refractivity contribution in [3.63, 3.8) is 0 Å². The maximum Gasteiger partial charge on any atom is 0.268 e. The number of halogens is 1. The molecule has 8 heteroatoms. The summed E-state index contributed by atoms with van der Waals surface area (Å²) in [6.45, 7) is 4.14. The van der Waals surface area contributed by atoms with Gasteiger partial charge < -0.3 is 20.5 Å². The predicted molar refractivity (Wildman–Crippen MR) is 111 cm³/mol. The van der Waals surface area contributed by atoms with E-state index in [1.165, 1.54) is 25.6 Å². The molecule has 0 atom stereocenters. The van der Waals surface area contributed by atoms with E-state index in [1.807, 2.05) is 12.1 Å². The van der Waals surface area contributed by atoms with Crippen molar-refractivity contribution in [1.29, 1.82) is 0 Å². The summed E-state index contributed by atoms with van der Waals surface area (Å²) in [6.07, 6.45) is 0. The van der Waals surface area contributed by atoms with Crippen LogP contribution in [0, 0.1) is 0 Å². The third kappa shape index (κ3) is 3.65. The molecular formula is C19H20ClN3O3S. The summed E-state index contributed by atoms with van der Waals surface area (Å²) in [5, 5.41) is 3.94. The van der Waals surface area contributed by atoms with Gasteiger partial charge in [-0.15, -0.1) is 11.3 Å². The SMILES string of the molecule is COc1cc(OC)c(NC(=O)c2sc3nc(C(C)C)ccc3c2N)cc1Cl. The minimum atomic E-state index is -0.346. The first-order valence-electron chi connectivity index (χ1n) is 8.27. The summed E-state index contributed by atoms with van der Waals surface area (Å²) >= 11 is 7.43. The van der Waals surface area contributed by atoms with Crippen molar-refractivity contribution in [3.8, 4) is 11.5 Å². The summed E-state index contributed by atoms with van der Waals surface area (Å²) in [5.41, 5.74) is 8.00. The van der Waals surface area contributed by atoms with Gasteiger partial charge in [-0.2, -0.15) is 0 Å². The molecule has 3 N–H and O–H groups in total. The largest absolute Gasteiger partial charge is 0.495 e. The van der Waals surface area contributed by atoms with Crippen LogP contribution in [-0.2, 0) is 0 Å². The summed E-state index contributed by atoms with van der Waals surface area (Å²) in [7, 11) is 3.01. The molecule has 0 radical (unpaired) electrons. The van der Waals surface area contributed by atoms with Gasteiger partial charge in [-0.1, -0.05) is 25.4 Å². The van der Waals surface area contributed by atoms with Gasteiger partial charge in [-0.25, -0.2) is 4.98 Å². The molecule has 0 spiro atoms. The molecule has 0 aliphatic rings. The Morgan fingerprint density at radius 1 is 1.22 bits per heavy atom. The number of nitrogen functional groups attached to an aromatic ring is 1. The van der Waals surface area contributed by atoms with Gasteiger partial charge in [0.05, 0.1) is 30.6 Å². The van der Waals surface area contributed by atoms with Crippen LogP contribution in [0.15, 0.2) is 24.3 Å². The minimum Gasteiger partial charge on any atom is -0.495 e. The summed E-state index contributed by atoms with van der Waals surface area (Å²) in [6, 6.07) is 7.04. The number of hydrogen-bond acceptors (Lipinski definition) is 6. The second-order valence-electron chi connectivity index (χ2n) is 6.23. The van der Waals surface area contributed by atoms with Crippen molar-refractivity contribution in [1.82, 2.24) is 4.98 Å². The highest BCUT2D eigenvalue weighted by molar-refractivity contribution is 7.21. The van der Waals surface area contributed by atoms with Gasteiger partial charge in [0.15, 0.2) is 0 Å². The molecule has 142 valence electrons. The zero-order valence-electron chi connectivity index (χ0n) is 15.4. The lowest BCUT2D eigenvalue weighted by molar-refractivity contribution is 0.103. The molecule has 0 aliphatic heterocycles. The number of thiophene rings is 1. The zero-order chi connectivity index (χ0) is 19.7. The third-order valence-electron chi connectivity index (χ3n) is 4.14. The van der Waals surface area contributed by atoms with Crippen molar-refractivity contribution >= 4 is 50.4 Å². The number of carbonyl (C=O) groups is 1. The maximum atomic E-state index is 12.8. The number of nitrogens with two attached hydrogens (primary N) is 1. The summed E-state index contributed by atoms with van der Waals surface area (Å²) in [4.78, 5) is 18.6. The first-order chi connectivity index (χ1) is 12.8.